The third-order valence-electron chi connectivity index (χ3n) is 5.96. The molecule has 0 aliphatic carbocycles. The van der Waals surface area contributed by atoms with Gasteiger partial charge in [0.15, 0.2) is 5.69 Å². The number of hydrogen-bond donors (Lipinski definition) is 2. The topological polar surface area (TPSA) is 119 Å². The zero-order chi connectivity index (χ0) is 25.5. The summed E-state index contributed by atoms with van der Waals surface area (Å²) in [5.74, 6) is -0.378. The normalized spacial score (nSPS) is 11.3. The van der Waals surface area contributed by atoms with Crippen LogP contribution in [0.1, 0.15) is 56.5 Å². The maximum Gasteiger partial charge on any atom is 0.330 e. The molecule has 35 heavy (non-hydrogen) atoms. The van der Waals surface area contributed by atoms with Gasteiger partial charge in [0.05, 0.1) is 11.4 Å². The van der Waals surface area contributed by atoms with Crippen molar-refractivity contribution in [3.63, 3.8) is 0 Å². The summed E-state index contributed by atoms with van der Waals surface area (Å²) in [4.78, 5) is 42.1. The van der Waals surface area contributed by atoms with Crippen LogP contribution in [0.15, 0.2) is 46.0 Å². The van der Waals surface area contributed by atoms with E-state index in [9.17, 15) is 14.4 Å². The molecule has 3 rings (SSSR count). The monoisotopic (exact) mass is 478 g/mol. The van der Waals surface area contributed by atoms with E-state index in [0.29, 0.717) is 19.5 Å². The quantitative estimate of drug-likeness (QED) is 0.432. The number of para-hydroxylation sites is 1. The third kappa shape index (κ3) is 5.62. The maximum absolute atomic E-state index is 13.4. The molecule has 2 aromatic heterocycles. The van der Waals surface area contributed by atoms with Gasteiger partial charge in [-0.3, -0.25) is 19.1 Å². The number of rotatable bonds is 10. The van der Waals surface area contributed by atoms with Crippen LogP contribution in [0, 0.1) is 13.8 Å². The van der Waals surface area contributed by atoms with Crippen LogP contribution in [0.2, 0.25) is 0 Å². The highest BCUT2D eigenvalue weighted by atomic mass is 16.2. The first-order valence-electron chi connectivity index (χ1n) is 12.0. The van der Waals surface area contributed by atoms with Gasteiger partial charge < -0.3 is 10.6 Å². The van der Waals surface area contributed by atoms with Crippen molar-refractivity contribution in [1.82, 2.24) is 19.3 Å². The Morgan fingerprint density at radius 3 is 2.46 bits per heavy atom. The van der Waals surface area contributed by atoms with E-state index in [2.05, 4.69) is 10.1 Å². The number of H-pyrrole nitrogens is 1. The molecule has 0 atom stereocenters. The predicted molar refractivity (Wildman–Crippen MR) is 140 cm³/mol. The van der Waals surface area contributed by atoms with Gasteiger partial charge in [-0.2, -0.15) is 5.10 Å². The van der Waals surface area contributed by atoms with Crippen molar-refractivity contribution in [3.05, 3.63) is 74.2 Å². The maximum atomic E-state index is 13.4. The second kappa shape index (κ2) is 11.5. The number of nitrogens with two attached hydrogens (primary N) is 1. The van der Waals surface area contributed by atoms with Crippen LogP contribution in [0.5, 0.6) is 0 Å². The number of nitrogens with zero attached hydrogens (tertiary/aromatic N) is 4. The van der Waals surface area contributed by atoms with Crippen LogP contribution in [0.25, 0.3) is 11.8 Å². The van der Waals surface area contributed by atoms with Gasteiger partial charge in [-0.25, -0.2) is 9.48 Å². The first-order valence-corrected chi connectivity index (χ1v) is 12.0. The summed E-state index contributed by atoms with van der Waals surface area (Å²) in [6.45, 7) is 8.50. The Morgan fingerprint density at radius 1 is 1.11 bits per heavy atom. The highest BCUT2D eigenvalue weighted by Crippen LogP contribution is 2.21. The van der Waals surface area contributed by atoms with Crippen molar-refractivity contribution < 1.29 is 4.79 Å². The minimum atomic E-state index is -0.664. The van der Waals surface area contributed by atoms with Crippen LogP contribution in [-0.4, -0.2) is 31.8 Å². The van der Waals surface area contributed by atoms with Gasteiger partial charge in [0.1, 0.15) is 5.82 Å². The van der Waals surface area contributed by atoms with E-state index >= 15 is 0 Å². The van der Waals surface area contributed by atoms with Gasteiger partial charge in [0.25, 0.3) is 11.5 Å². The lowest BCUT2D eigenvalue weighted by molar-refractivity contribution is -0.114. The molecular weight excluding hydrogens is 444 g/mol. The molecule has 0 bridgehead atoms. The number of anilines is 2. The van der Waals surface area contributed by atoms with Crippen LogP contribution in [0.4, 0.5) is 11.5 Å². The van der Waals surface area contributed by atoms with Gasteiger partial charge in [0, 0.05) is 30.4 Å². The second-order valence-corrected chi connectivity index (χ2v) is 8.51. The number of unbranched alkanes of at least 4 members (excludes halogenated alkanes) is 2. The smallest absolute Gasteiger partial charge is 0.330 e. The molecular formula is C26H34N6O3. The Hall–Kier alpha value is -3.88. The number of aromatic nitrogens is 4. The van der Waals surface area contributed by atoms with Crippen molar-refractivity contribution in [1.29, 1.82) is 0 Å². The van der Waals surface area contributed by atoms with Gasteiger partial charge in [0.2, 0.25) is 0 Å². The van der Waals surface area contributed by atoms with E-state index in [4.69, 9.17) is 5.73 Å². The van der Waals surface area contributed by atoms with E-state index in [-0.39, 0.29) is 17.4 Å². The highest BCUT2D eigenvalue weighted by Gasteiger charge is 2.23. The first kappa shape index (κ1) is 25.7. The number of carbonyl (C=O) groups is 1. The van der Waals surface area contributed by atoms with Crippen LogP contribution >= 0.6 is 0 Å². The molecule has 0 unspecified atom stereocenters. The van der Waals surface area contributed by atoms with E-state index in [1.54, 1.807) is 6.08 Å². The Balaban J connectivity index is 1.99. The number of hydrogen-bond acceptors (Lipinski definition) is 5. The molecule has 0 aliphatic rings. The molecule has 1 aromatic carbocycles. The van der Waals surface area contributed by atoms with Crippen molar-refractivity contribution >= 4 is 23.5 Å². The number of aryl methyl sites for hydroxylation is 1. The molecule has 0 radical (unpaired) electrons. The molecule has 3 aromatic rings. The third-order valence-corrected chi connectivity index (χ3v) is 5.96. The number of amides is 1. The molecule has 186 valence electrons. The Labute approximate surface area is 204 Å². The average Bonchev–Trinajstić information content (AvgIpc) is 3.12. The Kier molecular flexibility index (Phi) is 8.46. The average molecular weight is 479 g/mol. The summed E-state index contributed by atoms with van der Waals surface area (Å²) in [5.41, 5.74) is 8.48. The molecule has 9 heteroatoms. The number of nitrogens with one attached hydrogen (secondary N) is 1. The number of benzene rings is 1. The SMILES string of the molecule is CCCCN(C(=O)/C=C/c1c(C)nn(-c2ccccc2)c1C)c1c(N)n(CCCC)c(=O)[nH]c1=O. The van der Waals surface area contributed by atoms with Crippen LogP contribution in [-0.2, 0) is 11.3 Å². The summed E-state index contributed by atoms with van der Waals surface area (Å²) in [6, 6.07) is 9.76. The molecule has 0 saturated carbocycles. The van der Waals surface area contributed by atoms with Crippen LogP contribution in [0.3, 0.4) is 0 Å². The lowest BCUT2D eigenvalue weighted by Gasteiger charge is -2.23. The fourth-order valence-corrected chi connectivity index (χ4v) is 3.99. The molecule has 0 aliphatic heterocycles. The minimum absolute atomic E-state index is 0.00862. The summed E-state index contributed by atoms with van der Waals surface area (Å²) in [7, 11) is 0. The summed E-state index contributed by atoms with van der Waals surface area (Å²) < 4.78 is 3.16. The Morgan fingerprint density at radius 2 is 1.80 bits per heavy atom. The molecule has 1 amide bonds. The molecule has 2 heterocycles. The van der Waals surface area contributed by atoms with Crippen molar-refractivity contribution in [3.8, 4) is 5.69 Å². The van der Waals surface area contributed by atoms with E-state index in [1.807, 2.05) is 62.7 Å². The summed E-state index contributed by atoms with van der Waals surface area (Å²) >= 11 is 0. The molecule has 0 saturated heterocycles. The lowest BCUT2D eigenvalue weighted by atomic mass is 10.1. The van der Waals surface area contributed by atoms with E-state index in [1.165, 1.54) is 15.5 Å². The first-order chi connectivity index (χ1) is 16.8. The van der Waals surface area contributed by atoms with Gasteiger partial charge in [-0.15, -0.1) is 0 Å². The molecule has 9 nitrogen and oxygen atoms in total. The lowest BCUT2D eigenvalue weighted by Crippen LogP contribution is -2.41. The largest absolute Gasteiger partial charge is 0.383 e. The number of carbonyl (C=O) groups excluding carboxylic acids is 1. The van der Waals surface area contributed by atoms with Crippen molar-refractivity contribution in [2.45, 2.75) is 59.9 Å². The standard InChI is InChI=1S/C26H34N6O3/c1-5-7-16-30(23-24(27)31(17-8-6-2)26(35)28-25(23)34)22(33)15-14-21-18(3)29-32(19(21)4)20-12-10-9-11-13-20/h9-15H,5-8,16-17,27H2,1-4H3,(H,28,34,35)/b15-14+. The van der Waals surface area contributed by atoms with Gasteiger partial charge >= 0.3 is 5.69 Å². The second-order valence-electron chi connectivity index (χ2n) is 8.51. The predicted octanol–water partition coefficient (Wildman–Crippen LogP) is 3.57. The molecule has 0 fully saturated rings. The summed E-state index contributed by atoms with van der Waals surface area (Å²) in [6.07, 6.45) is 6.23. The fourth-order valence-electron chi connectivity index (χ4n) is 3.99. The van der Waals surface area contributed by atoms with Crippen LogP contribution < -0.4 is 21.9 Å². The van der Waals surface area contributed by atoms with E-state index in [0.717, 1.165) is 41.9 Å². The fraction of sp³-hybridized carbons (Fsp3) is 0.385. The van der Waals surface area contributed by atoms with Crippen molar-refractivity contribution in [2.24, 2.45) is 0 Å². The van der Waals surface area contributed by atoms with Gasteiger partial charge in [-0.1, -0.05) is 44.9 Å². The zero-order valence-corrected chi connectivity index (χ0v) is 20.9. The summed E-state index contributed by atoms with van der Waals surface area (Å²) in [5, 5.41) is 4.62. The number of aromatic amines is 1. The zero-order valence-electron chi connectivity index (χ0n) is 20.9. The van der Waals surface area contributed by atoms with Gasteiger partial charge in [-0.05, 0) is 44.9 Å². The molecule has 0 spiro atoms. The van der Waals surface area contributed by atoms with Crippen molar-refractivity contribution in [2.75, 3.05) is 17.2 Å². The highest BCUT2D eigenvalue weighted by molar-refractivity contribution is 6.05. The molecule has 3 N–H and O–H groups in total. The number of nitrogen functional groups attached to an aromatic ring is 1. The Bertz CT molecular complexity index is 1320. The van der Waals surface area contributed by atoms with E-state index < -0.39 is 11.2 Å². The minimum Gasteiger partial charge on any atom is -0.383 e.